The molecule has 0 aromatic heterocycles. The summed E-state index contributed by atoms with van der Waals surface area (Å²) >= 11 is 0. The molecular weight excluding hydrogens is 1120 g/mol. The second kappa shape index (κ2) is 25.1. The topological polar surface area (TPSA) is 339 Å². The Balaban J connectivity index is 0.634. The van der Waals surface area contributed by atoms with Gasteiger partial charge in [-0.3, -0.25) is 0 Å². The van der Waals surface area contributed by atoms with Crippen molar-refractivity contribution in [3.05, 3.63) is 11.6 Å². The van der Waals surface area contributed by atoms with Crippen LogP contribution in [0.4, 0.5) is 0 Å². The Bertz CT molecular complexity index is 2320. The lowest BCUT2D eigenvalue weighted by Crippen LogP contribution is -2.65. The number of carbonyl (C=O) groups excluding carboxylic acids is 1. The molecule has 85 heavy (non-hydrogen) atoms. The minimum Gasteiger partial charge on any atom is -0.458 e. The van der Waals surface area contributed by atoms with Crippen LogP contribution in [0.15, 0.2) is 11.6 Å². The first-order valence-electron chi connectivity index (χ1n) is 31.7. The number of ether oxygens (including phenoxy) is 13. The SMILES string of the molecule is CC1OC(OC2C(C)OC(OC3C(O)CC(O[C@H]4CC[C@@]5(C)[C@H](CC[C@@H]6[C@@H]5CC[C@]5(C)[C@@H](C7=CC(=O)OC7)CC[C@]65O)C4)OC3C)C(C)C2O)CC(OC2OC(C)[C@H](OC3OC(C)[C@@H](OC4OC(C)[C@@H](O)C(O)[C@@H]4O)C(O)[C@@H]3O)C(O)[C@@H]2O)C1C. The minimum atomic E-state index is -1.75. The van der Waals surface area contributed by atoms with E-state index in [0.717, 1.165) is 63.4 Å². The zero-order valence-corrected chi connectivity index (χ0v) is 50.8. The van der Waals surface area contributed by atoms with Crippen LogP contribution in [0.3, 0.4) is 0 Å². The van der Waals surface area contributed by atoms with Crippen LogP contribution in [-0.2, 0) is 66.4 Å². The van der Waals surface area contributed by atoms with Gasteiger partial charge in [-0.05, 0) is 134 Å². The van der Waals surface area contributed by atoms with E-state index in [4.69, 9.17) is 61.6 Å². The van der Waals surface area contributed by atoms with E-state index in [2.05, 4.69) is 13.8 Å². The number of esters is 1. The van der Waals surface area contributed by atoms with Gasteiger partial charge in [0.1, 0.15) is 73.8 Å². The van der Waals surface area contributed by atoms with Gasteiger partial charge in [-0.25, -0.2) is 4.79 Å². The maximum atomic E-state index is 12.7. The summed E-state index contributed by atoms with van der Waals surface area (Å²) in [7, 11) is 0. The Labute approximate surface area is 497 Å². The third-order valence-corrected chi connectivity index (χ3v) is 23.0. The summed E-state index contributed by atoms with van der Waals surface area (Å²) in [6.07, 6.45) is -19.3. The van der Waals surface area contributed by atoms with Gasteiger partial charge in [0.05, 0.1) is 66.6 Å². The van der Waals surface area contributed by atoms with Crippen LogP contribution in [0.1, 0.15) is 140 Å². The van der Waals surface area contributed by atoms with E-state index in [-0.39, 0.29) is 53.5 Å². The summed E-state index contributed by atoms with van der Waals surface area (Å²) in [4.78, 5) is 12.0. The van der Waals surface area contributed by atoms with E-state index in [1.807, 2.05) is 20.8 Å². The van der Waals surface area contributed by atoms with Crippen LogP contribution in [0.5, 0.6) is 0 Å². The number of hydrogen-bond donors (Lipinski definition) is 10. The fraction of sp³-hybridized carbons (Fsp3) is 0.951. The summed E-state index contributed by atoms with van der Waals surface area (Å²) in [5, 5.41) is 112. The van der Waals surface area contributed by atoms with Crippen molar-refractivity contribution in [1.29, 1.82) is 0 Å². The van der Waals surface area contributed by atoms with Crippen molar-refractivity contribution in [1.82, 2.24) is 0 Å². The van der Waals surface area contributed by atoms with Crippen molar-refractivity contribution in [3.63, 3.8) is 0 Å². The summed E-state index contributed by atoms with van der Waals surface area (Å²) in [5.74, 6) is 0.0699. The lowest BCUT2D eigenvalue weighted by molar-refractivity contribution is -0.378. The number of fused-ring (bicyclic) bond motifs is 5. The first-order valence-corrected chi connectivity index (χ1v) is 31.7. The zero-order valence-electron chi connectivity index (χ0n) is 50.8. The monoisotopic (exact) mass is 1210 g/mol. The number of carbonyl (C=O) groups is 1. The van der Waals surface area contributed by atoms with E-state index in [1.165, 1.54) is 13.8 Å². The van der Waals surface area contributed by atoms with Crippen LogP contribution in [0, 0.1) is 46.3 Å². The number of aliphatic hydroxyl groups excluding tert-OH is 9. The third-order valence-electron chi connectivity index (χ3n) is 23.0. The largest absolute Gasteiger partial charge is 0.458 e. The van der Waals surface area contributed by atoms with Crippen molar-refractivity contribution < 1.29 is 117 Å². The second-order valence-corrected chi connectivity index (χ2v) is 28.0. The van der Waals surface area contributed by atoms with E-state index >= 15 is 0 Å². The van der Waals surface area contributed by atoms with Crippen molar-refractivity contribution >= 4 is 5.97 Å². The van der Waals surface area contributed by atoms with Gasteiger partial charge in [0.25, 0.3) is 0 Å². The lowest BCUT2D eigenvalue weighted by Gasteiger charge is -2.64. The van der Waals surface area contributed by atoms with Crippen molar-refractivity contribution in [2.24, 2.45) is 46.3 Å². The fourth-order valence-corrected chi connectivity index (χ4v) is 17.5. The Hall–Kier alpha value is -1.67. The van der Waals surface area contributed by atoms with Crippen LogP contribution in [0.25, 0.3) is 0 Å². The maximum absolute atomic E-state index is 12.7. The molecule has 486 valence electrons. The highest BCUT2D eigenvalue weighted by molar-refractivity contribution is 5.85. The molecule has 0 spiro atoms. The molecule has 10 N–H and O–H groups in total. The summed E-state index contributed by atoms with van der Waals surface area (Å²) in [5.41, 5.74) is 0.0559. The van der Waals surface area contributed by atoms with Crippen molar-refractivity contribution in [2.45, 2.75) is 311 Å². The number of aliphatic hydroxyl groups is 10. The van der Waals surface area contributed by atoms with E-state index in [9.17, 15) is 55.9 Å². The highest BCUT2D eigenvalue weighted by Crippen LogP contribution is 2.70. The molecule has 7 aliphatic heterocycles. The maximum Gasteiger partial charge on any atom is 0.331 e. The van der Waals surface area contributed by atoms with Gasteiger partial charge in [0.2, 0.25) is 0 Å². The summed E-state index contributed by atoms with van der Waals surface area (Å²) in [6.45, 7) is 18.8. The standard InChI is InChI=1S/C61H98O24/c1-24-26(3)74-42(22-39(24)81-56-49(70)46(67)53(30(7)78-56)85-58-50(71)47(68)54(31(8)79-58)84-57-48(69)45(66)44(65)27(4)76-57)82-52-29(6)77-55(25(2)43(52)64)83-51-28(5)75-41(21-38(51)62)80-34-13-16-59(9)33(20-34)11-12-37-36(59)14-17-60(10)35(15-18-61(37,60)72)32-19-40(63)73-23-32/h19,24-31,33-39,41-58,62,64-72H,11-18,20-23H2,1-10H3/t24?,25?,26?,27?,28?,29?,30?,31?,33-,34+,35-,36+,37-,38?,39?,41?,42?,43?,44-,45?,46?,47?,48+,49+,50+,51?,52?,53+,54-,55?,56?,57?,58?,59+,60-,61+/m1/s1. The third kappa shape index (κ3) is 11.9. The van der Waals surface area contributed by atoms with Crippen LogP contribution in [0.2, 0.25) is 0 Å². The van der Waals surface area contributed by atoms with E-state index in [0.29, 0.717) is 18.4 Å². The predicted molar refractivity (Wildman–Crippen MR) is 293 cm³/mol. The van der Waals surface area contributed by atoms with Gasteiger partial charge in [-0.2, -0.15) is 0 Å². The molecule has 11 aliphatic rings. The summed E-state index contributed by atoms with van der Waals surface area (Å²) in [6, 6.07) is 0. The molecular formula is C61H98O24. The lowest BCUT2D eigenvalue weighted by atomic mass is 9.43. The fourth-order valence-electron chi connectivity index (χ4n) is 17.5. The molecule has 0 radical (unpaired) electrons. The molecule has 10 fully saturated rings. The molecule has 0 amide bonds. The Morgan fingerprint density at radius 2 is 1.02 bits per heavy atom. The highest BCUT2D eigenvalue weighted by atomic mass is 16.8. The molecule has 24 heteroatoms. The Morgan fingerprint density at radius 1 is 0.471 bits per heavy atom. The van der Waals surface area contributed by atoms with Gasteiger partial charge in [-0.1, -0.05) is 27.7 Å². The first kappa shape index (κ1) is 64.8. The average Bonchev–Trinajstić information content (AvgIpc) is 1.70. The van der Waals surface area contributed by atoms with E-state index in [1.54, 1.807) is 26.8 Å². The molecule has 11 rings (SSSR count). The summed E-state index contributed by atoms with van der Waals surface area (Å²) < 4.78 is 79.8. The molecule has 24 nitrogen and oxygen atoms in total. The molecule has 4 saturated carbocycles. The molecule has 6 saturated heterocycles. The molecule has 0 aromatic carbocycles. The molecule has 4 aliphatic carbocycles. The molecule has 36 atom stereocenters. The van der Waals surface area contributed by atoms with Gasteiger partial charge in [0.15, 0.2) is 37.7 Å². The van der Waals surface area contributed by atoms with Crippen LogP contribution in [-0.4, -0.2) is 235 Å². The number of rotatable bonds is 13. The average molecular weight is 1220 g/mol. The molecule has 7 heterocycles. The highest BCUT2D eigenvalue weighted by Gasteiger charge is 2.68. The van der Waals surface area contributed by atoms with Crippen LogP contribution < -0.4 is 0 Å². The van der Waals surface area contributed by atoms with Gasteiger partial charge >= 0.3 is 5.97 Å². The van der Waals surface area contributed by atoms with Crippen LogP contribution >= 0.6 is 0 Å². The first-order chi connectivity index (χ1) is 40.1. The minimum absolute atomic E-state index is 0.0376. The number of hydrogen-bond acceptors (Lipinski definition) is 24. The van der Waals surface area contributed by atoms with Crippen molar-refractivity contribution in [3.8, 4) is 0 Å². The quantitative estimate of drug-likeness (QED) is 0.0918. The zero-order chi connectivity index (χ0) is 61.1. The Morgan fingerprint density at radius 3 is 1.65 bits per heavy atom. The number of cyclic esters (lactones) is 1. The molecule has 0 bridgehead atoms. The normalized spacial score (nSPS) is 56.6. The molecule has 22 unspecified atom stereocenters. The van der Waals surface area contributed by atoms with E-state index < -0.39 is 171 Å². The Kier molecular flexibility index (Phi) is 19.1. The van der Waals surface area contributed by atoms with Crippen molar-refractivity contribution in [2.75, 3.05) is 6.61 Å². The van der Waals surface area contributed by atoms with Gasteiger partial charge < -0.3 is 113 Å². The second-order valence-electron chi connectivity index (χ2n) is 28.0. The van der Waals surface area contributed by atoms with Gasteiger partial charge in [-0.15, -0.1) is 0 Å². The predicted octanol–water partition coefficient (Wildman–Crippen LogP) is 1.32. The smallest absolute Gasteiger partial charge is 0.331 e. The molecule has 0 aromatic rings. The van der Waals surface area contributed by atoms with Gasteiger partial charge in [0, 0.05) is 36.2 Å².